The third-order valence-corrected chi connectivity index (χ3v) is 3.31. The van der Waals surface area contributed by atoms with E-state index < -0.39 is 0 Å². The van der Waals surface area contributed by atoms with E-state index in [4.69, 9.17) is 16.3 Å². The molecule has 0 saturated carbocycles. The number of imidazole rings is 1. The van der Waals surface area contributed by atoms with Crippen molar-refractivity contribution >= 4 is 22.6 Å². The van der Waals surface area contributed by atoms with Gasteiger partial charge in [0, 0.05) is 6.20 Å². The standard InChI is InChI=1S/C15H14ClN3O/c16-10-15-18-13-11-17-7-6-14(13)19(15)8-9-20-12-4-2-1-3-5-12/h1-7,11H,8-10H2. The predicted octanol–water partition coefficient (Wildman–Crippen LogP) is 3.25. The van der Waals surface area contributed by atoms with Crippen LogP contribution < -0.4 is 4.74 Å². The number of hydrogen-bond donors (Lipinski definition) is 0. The fourth-order valence-electron chi connectivity index (χ4n) is 2.15. The fourth-order valence-corrected chi connectivity index (χ4v) is 2.36. The molecule has 0 aliphatic heterocycles. The van der Waals surface area contributed by atoms with Crippen LogP contribution in [-0.4, -0.2) is 21.1 Å². The fraction of sp³-hybridized carbons (Fsp3) is 0.200. The molecule has 102 valence electrons. The van der Waals surface area contributed by atoms with Gasteiger partial charge in [-0.3, -0.25) is 4.98 Å². The first-order valence-corrected chi connectivity index (χ1v) is 6.95. The minimum atomic E-state index is 0.375. The van der Waals surface area contributed by atoms with Crippen molar-refractivity contribution in [2.75, 3.05) is 6.61 Å². The summed E-state index contributed by atoms with van der Waals surface area (Å²) in [4.78, 5) is 8.55. The molecular weight excluding hydrogens is 274 g/mol. The quantitative estimate of drug-likeness (QED) is 0.676. The van der Waals surface area contributed by atoms with E-state index in [-0.39, 0.29) is 0 Å². The number of benzene rings is 1. The first-order valence-electron chi connectivity index (χ1n) is 6.41. The van der Waals surface area contributed by atoms with Crippen molar-refractivity contribution in [1.29, 1.82) is 0 Å². The van der Waals surface area contributed by atoms with Gasteiger partial charge < -0.3 is 9.30 Å². The number of ether oxygens (including phenoxy) is 1. The Balaban J connectivity index is 1.77. The third kappa shape index (κ3) is 2.60. The monoisotopic (exact) mass is 287 g/mol. The first-order chi connectivity index (χ1) is 9.88. The topological polar surface area (TPSA) is 39.9 Å². The molecule has 0 aliphatic rings. The molecular formula is C15H14ClN3O. The zero-order valence-corrected chi connectivity index (χ0v) is 11.6. The van der Waals surface area contributed by atoms with Crippen molar-refractivity contribution in [1.82, 2.24) is 14.5 Å². The number of halogens is 1. The Morgan fingerprint density at radius 2 is 2.00 bits per heavy atom. The smallest absolute Gasteiger partial charge is 0.125 e. The molecule has 0 spiro atoms. The molecule has 2 heterocycles. The van der Waals surface area contributed by atoms with Gasteiger partial charge in [-0.25, -0.2) is 4.98 Å². The third-order valence-electron chi connectivity index (χ3n) is 3.08. The van der Waals surface area contributed by atoms with E-state index in [1.165, 1.54) is 0 Å². The number of nitrogens with zero attached hydrogens (tertiary/aromatic N) is 3. The lowest BCUT2D eigenvalue weighted by Gasteiger charge is -2.09. The normalized spacial score (nSPS) is 10.8. The van der Waals surface area contributed by atoms with Crippen LogP contribution in [0.15, 0.2) is 48.8 Å². The maximum atomic E-state index is 5.95. The van der Waals surface area contributed by atoms with Crippen LogP contribution in [0.1, 0.15) is 5.82 Å². The van der Waals surface area contributed by atoms with Crippen LogP contribution in [0.2, 0.25) is 0 Å². The zero-order chi connectivity index (χ0) is 13.8. The van der Waals surface area contributed by atoms with Gasteiger partial charge in [-0.1, -0.05) is 18.2 Å². The number of fused-ring (bicyclic) bond motifs is 1. The Morgan fingerprint density at radius 1 is 1.15 bits per heavy atom. The summed E-state index contributed by atoms with van der Waals surface area (Å²) in [7, 11) is 0. The molecule has 0 radical (unpaired) electrons. The molecule has 0 N–H and O–H groups in total. The van der Waals surface area contributed by atoms with Crippen LogP contribution in [0.3, 0.4) is 0 Å². The molecule has 0 unspecified atom stereocenters. The molecule has 0 atom stereocenters. The van der Waals surface area contributed by atoms with E-state index >= 15 is 0 Å². The summed E-state index contributed by atoms with van der Waals surface area (Å²) in [5.74, 6) is 2.08. The van der Waals surface area contributed by atoms with Crippen LogP contribution in [0.5, 0.6) is 5.75 Å². The summed E-state index contributed by atoms with van der Waals surface area (Å²) in [6, 6.07) is 11.7. The Labute approximate surface area is 122 Å². The lowest BCUT2D eigenvalue weighted by molar-refractivity contribution is 0.299. The van der Waals surface area contributed by atoms with Gasteiger partial charge in [0.05, 0.1) is 24.1 Å². The first kappa shape index (κ1) is 12.9. The Hall–Kier alpha value is -2.07. The molecule has 20 heavy (non-hydrogen) atoms. The molecule has 1 aromatic carbocycles. The van der Waals surface area contributed by atoms with Crippen LogP contribution in [0.4, 0.5) is 0 Å². The van der Waals surface area contributed by atoms with Crippen LogP contribution in [0.25, 0.3) is 11.0 Å². The molecule has 0 aliphatic carbocycles. The molecule has 3 rings (SSSR count). The second kappa shape index (κ2) is 5.92. The molecule has 0 bridgehead atoms. The number of para-hydroxylation sites is 1. The van der Waals surface area contributed by atoms with Crippen molar-refractivity contribution in [3.8, 4) is 5.75 Å². The Bertz CT molecular complexity index is 697. The number of alkyl halides is 1. The van der Waals surface area contributed by atoms with E-state index in [1.54, 1.807) is 12.4 Å². The highest BCUT2D eigenvalue weighted by molar-refractivity contribution is 6.16. The highest BCUT2D eigenvalue weighted by Gasteiger charge is 2.09. The molecule has 0 fully saturated rings. The van der Waals surface area contributed by atoms with Crippen LogP contribution in [-0.2, 0) is 12.4 Å². The summed E-state index contributed by atoms with van der Waals surface area (Å²) < 4.78 is 7.80. The molecule has 3 aromatic rings. The molecule has 0 amide bonds. The van der Waals surface area contributed by atoms with Gasteiger partial charge in [-0.2, -0.15) is 0 Å². The summed E-state index contributed by atoms with van der Waals surface area (Å²) in [6.45, 7) is 1.28. The van der Waals surface area contributed by atoms with Crippen molar-refractivity contribution in [2.45, 2.75) is 12.4 Å². The second-order valence-electron chi connectivity index (χ2n) is 4.34. The van der Waals surface area contributed by atoms with Crippen molar-refractivity contribution in [3.63, 3.8) is 0 Å². The zero-order valence-electron chi connectivity index (χ0n) is 10.9. The van der Waals surface area contributed by atoms with Crippen LogP contribution >= 0.6 is 11.6 Å². The van der Waals surface area contributed by atoms with Crippen molar-refractivity contribution in [2.24, 2.45) is 0 Å². The highest BCUT2D eigenvalue weighted by atomic mass is 35.5. The van der Waals surface area contributed by atoms with Gasteiger partial charge in [0.1, 0.15) is 23.7 Å². The number of aromatic nitrogens is 3. The van der Waals surface area contributed by atoms with Gasteiger partial charge in [-0.15, -0.1) is 11.6 Å². The van der Waals surface area contributed by atoms with Gasteiger partial charge in [-0.05, 0) is 18.2 Å². The van der Waals surface area contributed by atoms with E-state index in [1.807, 2.05) is 36.4 Å². The summed E-state index contributed by atoms with van der Waals surface area (Å²) in [5.41, 5.74) is 1.90. The summed E-state index contributed by atoms with van der Waals surface area (Å²) in [6.07, 6.45) is 3.51. The van der Waals surface area contributed by atoms with E-state index in [0.29, 0.717) is 19.0 Å². The van der Waals surface area contributed by atoms with Crippen LogP contribution in [0, 0.1) is 0 Å². The minimum Gasteiger partial charge on any atom is -0.492 e. The Morgan fingerprint density at radius 3 is 2.80 bits per heavy atom. The van der Waals surface area contributed by atoms with Gasteiger partial charge in [0.15, 0.2) is 0 Å². The maximum Gasteiger partial charge on any atom is 0.125 e. The average Bonchev–Trinajstić information content (AvgIpc) is 2.87. The lowest BCUT2D eigenvalue weighted by Crippen LogP contribution is -2.10. The SMILES string of the molecule is ClCc1nc2cnccc2n1CCOc1ccccc1. The number of pyridine rings is 1. The Kier molecular flexibility index (Phi) is 3.83. The number of hydrogen-bond acceptors (Lipinski definition) is 3. The van der Waals surface area contributed by atoms with Crippen molar-refractivity contribution < 1.29 is 4.74 Å². The maximum absolute atomic E-state index is 5.95. The minimum absolute atomic E-state index is 0.375. The largest absolute Gasteiger partial charge is 0.492 e. The molecule has 5 heteroatoms. The highest BCUT2D eigenvalue weighted by Crippen LogP contribution is 2.16. The molecule has 2 aromatic heterocycles. The predicted molar refractivity (Wildman–Crippen MR) is 79.0 cm³/mol. The average molecular weight is 288 g/mol. The second-order valence-corrected chi connectivity index (χ2v) is 4.61. The van der Waals surface area contributed by atoms with E-state index in [9.17, 15) is 0 Å². The van der Waals surface area contributed by atoms with Gasteiger partial charge in [0.2, 0.25) is 0 Å². The van der Waals surface area contributed by atoms with E-state index in [2.05, 4.69) is 14.5 Å². The van der Waals surface area contributed by atoms with Gasteiger partial charge >= 0.3 is 0 Å². The molecule has 0 saturated heterocycles. The van der Waals surface area contributed by atoms with E-state index in [0.717, 1.165) is 22.6 Å². The summed E-state index contributed by atoms with van der Waals surface area (Å²) in [5, 5.41) is 0. The van der Waals surface area contributed by atoms with Gasteiger partial charge in [0.25, 0.3) is 0 Å². The van der Waals surface area contributed by atoms with Crippen molar-refractivity contribution in [3.05, 3.63) is 54.6 Å². The molecule has 4 nitrogen and oxygen atoms in total. The lowest BCUT2D eigenvalue weighted by atomic mass is 10.3. The summed E-state index contributed by atoms with van der Waals surface area (Å²) >= 11 is 5.95. The number of rotatable bonds is 5.